The summed E-state index contributed by atoms with van der Waals surface area (Å²) in [5, 5.41) is 3.72. The lowest BCUT2D eigenvalue weighted by atomic mass is 9.80. The molecule has 2 atom stereocenters. The summed E-state index contributed by atoms with van der Waals surface area (Å²) in [7, 11) is 0. The van der Waals surface area contributed by atoms with Crippen LogP contribution in [0.2, 0.25) is 0 Å². The van der Waals surface area contributed by atoms with Crippen LogP contribution in [0.25, 0.3) is 0 Å². The van der Waals surface area contributed by atoms with Crippen LogP contribution in [0.15, 0.2) is 30.3 Å². The van der Waals surface area contributed by atoms with E-state index in [9.17, 15) is 4.39 Å². The quantitative estimate of drug-likeness (QED) is 0.912. The molecule has 21 heavy (non-hydrogen) atoms. The van der Waals surface area contributed by atoms with Crippen LogP contribution in [0.4, 0.5) is 4.39 Å². The van der Waals surface area contributed by atoms with E-state index in [-0.39, 0.29) is 17.6 Å². The van der Waals surface area contributed by atoms with Crippen LogP contribution < -0.4 is 5.32 Å². The average molecular weight is 292 g/mol. The van der Waals surface area contributed by atoms with Gasteiger partial charge in [0.1, 0.15) is 0 Å². The van der Waals surface area contributed by atoms with Crippen LogP contribution in [0.5, 0.6) is 0 Å². The number of rotatable bonds is 4. The molecule has 1 aromatic rings. The van der Waals surface area contributed by atoms with E-state index in [2.05, 4.69) is 62.2 Å². The van der Waals surface area contributed by atoms with E-state index < -0.39 is 0 Å². The Morgan fingerprint density at radius 3 is 2.52 bits per heavy atom. The van der Waals surface area contributed by atoms with Crippen molar-refractivity contribution in [3.05, 3.63) is 35.9 Å². The third-order valence-electron chi connectivity index (χ3n) is 4.80. The fourth-order valence-electron chi connectivity index (χ4n) is 3.17. The Bertz CT molecular complexity index is 440. The van der Waals surface area contributed by atoms with E-state index in [0.717, 1.165) is 19.6 Å². The lowest BCUT2D eigenvalue weighted by molar-refractivity contribution is 0.0200. The zero-order valence-electron chi connectivity index (χ0n) is 13.8. The first-order valence-electron chi connectivity index (χ1n) is 7.98. The number of halogens is 1. The van der Waals surface area contributed by atoms with Gasteiger partial charge >= 0.3 is 0 Å². The van der Waals surface area contributed by atoms with Gasteiger partial charge < -0.3 is 5.32 Å². The van der Waals surface area contributed by atoms with Gasteiger partial charge in [0.25, 0.3) is 0 Å². The molecule has 0 saturated carbocycles. The predicted octanol–water partition coefficient (Wildman–Crippen LogP) is 3.58. The van der Waals surface area contributed by atoms with Crippen molar-refractivity contribution in [2.75, 3.05) is 26.3 Å². The second kappa shape index (κ2) is 6.45. The molecular formula is C18H29FN2. The Morgan fingerprint density at radius 1 is 1.29 bits per heavy atom. The van der Waals surface area contributed by atoms with Gasteiger partial charge in [-0.3, -0.25) is 9.29 Å². The topological polar surface area (TPSA) is 15.3 Å². The lowest BCUT2D eigenvalue weighted by Gasteiger charge is -2.51. The van der Waals surface area contributed by atoms with Crippen molar-refractivity contribution in [3.63, 3.8) is 0 Å². The van der Waals surface area contributed by atoms with Gasteiger partial charge in [0, 0.05) is 25.7 Å². The van der Waals surface area contributed by atoms with Gasteiger partial charge in [-0.1, -0.05) is 51.1 Å². The molecule has 1 aliphatic rings. The van der Waals surface area contributed by atoms with Crippen LogP contribution in [-0.2, 0) is 5.54 Å². The van der Waals surface area contributed by atoms with Gasteiger partial charge in [0.2, 0.25) is 0 Å². The largest absolute Gasteiger partial charge is 0.310 e. The maximum Gasteiger partial charge on any atom is 0.0906 e. The highest BCUT2D eigenvalue weighted by molar-refractivity contribution is 5.25. The Hall–Kier alpha value is -0.930. The van der Waals surface area contributed by atoms with E-state index in [1.807, 2.05) is 6.07 Å². The molecule has 1 fully saturated rings. The Balaban J connectivity index is 2.24. The van der Waals surface area contributed by atoms with Gasteiger partial charge in [-0.15, -0.1) is 0 Å². The minimum Gasteiger partial charge on any atom is -0.310 e. The van der Waals surface area contributed by atoms with Crippen molar-refractivity contribution in [1.29, 1.82) is 0 Å². The normalized spacial score (nSPS) is 27.8. The number of nitrogens with zero attached hydrogens (tertiary/aromatic N) is 1. The van der Waals surface area contributed by atoms with E-state index >= 15 is 0 Å². The van der Waals surface area contributed by atoms with Crippen molar-refractivity contribution in [2.24, 2.45) is 5.41 Å². The Labute approximate surface area is 128 Å². The summed E-state index contributed by atoms with van der Waals surface area (Å²) in [6.45, 7) is 11.5. The number of alkyl halides is 1. The molecule has 1 aliphatic heterocycles. The summed E-state index contributed by atoms with van der Waals surface area (Å²) >= 11 is 0. The molecule has 0 bridgehead atoms. The van der Waals surface area contributed by atoms with Crippen LogP contribution in [0.1, 0.15) is 39.7 Å². The average Bonchev–Trinajstić information content (AvgIpc) is 2.46. The number of piperazine rings is 1. The molecule has 2 nitrogen and oxygen atoms in total. The van der Waals surface area contributed by atoms with Crippen molar-refractivity contribution >= 4 is 0 Å². The molecule has 0 amide bonds. The minimum atomic E-state index is -0.241. The van der Waals surface area contributed by atoms with Crippen molar-refractivity contribution in [1.82, 2.24) is 10.2 Å². The van der Waals surface area contributed by atoms with Crippen molar-refractivity contribution in [2.45, 2.75) is 45.7 Å². The highest BCUT2D eigenvalue weighted by atomic mass is 19.1. The van der Waals surface area contributed by atoms with Gasteiger partial charge in [-0.05, 0) is 24.3 Å². The molecule has 118 valence electrons. The molecule has 2 rings (SSSR count). The van der Waals surface area contributed by atoms with E-state index in [1.54, 1.807) is 0 Å². The number of nitrogens with one attached hydrogen (secondary N) is 1. The summed E-state index contributed by atoms with van der Waals surface area (Å²) in [5.41, 5.74) is 1.47. The van der Waals surface area contributed by atoms with Crippen molar-refractivity contribution < 1.29 is 4.39 Å². The first kappa shape index (κ1) is 16.4. The third kappa shape index (κ3) is 3.64. The number of benzene rings is 1. The lowest BCUT2D eigenvalue weighted by Crippen LogP contribution is -2.64. The first-order chi connectivity index (χ1) is 9.88. The second-order valence-electron chi connectivity index (χ2n) is 7.43. The number of hydrogen-bond donors (Lipinski definition) is 1. The molecule has 2 unspecified atom stereocenters. The maximum atomic E-state index is 12.7. The van der Waals surface area contributed by atoms with Crippen LogP contribution in [0.3, 0.4) is 0 Å². The smallest absolute Gasteiger partial charge is 0.0906 e. The summed E-state index contributed by atoms with van der Waals surface area (Å²) in [5.74, 6) is 0. The molecule has 1 saturated heterocycles. The monoisotopic (exact) mass is 292 g/mol. The molecular weight excluding hydrogens is 263 g/mol. The second-order valence-corrected chi connectivity index (χ2v) is 7.43. The fraction of sp³-hybridized carbons (Fsp3) is 0.667. The minimum absolute atomic E-state index is 0.0574. The molecule has 1 heterocycles. The molecule has 1 N–H and O–H groups in total. The summed E-state index contributed by atoms with van der Waals surface area (Å²) in [6, 6.07) is 11.0. The van der Waals surface area contributed by atoms with Gasteiger partial charge in [-0.2, -0.15) is 0 Å². The van der Waals surface area contributed by atoms with Gasteiger partial charge in [0.15, 0.2) is 0 Å². The van der Waals surface area contributed by atoms with E-state index in [0.29, 0.717) is 12.5 Å². The van der Waals surface area contributed by atoms with E-state index in [4.69, 9.17) is 0 Å². The molecule has 0 aromatic heterocycles. The third-order valence-corrected chi connectivity index (χ3v) is 4.80. The molecule has 0 spiro atoms. The Morgan fingerprint density at radius 2 is 1.95 bits per heavy atom. The molecule has 3 heteroatoms. The zero-order valence-corrected chi connectivity index (χ0v) is 13.8. The van der Waals surface area contributed by atoms with E-state index in [1.165, 1.54) is 5.56 Å². The number of hydrogen-bond acceptors (Lipinski definition) is 2. The standard InChI is InChI=1S/C18H29FN2/c1-17(2,3)16-13-21(12-8-11-19)18(4,14-20-16)15-9-6-5-7-10-15/h5-7,9-10,16,20H,8,11-14H2,1-4H3. The summed E-state index contributed by atoms with van der Waals surface area (Å²) in [4.78, 5) is 2.47. The Kier molecular flexibility index (Phi) is 5.05. The van der Waals surface area contributed by atoms with Gasteiger partial charge in [0.05, 0.1) is 12.2 Å². The SMILES string of the molecule is CC(C)(C)C1CN(CCCF)C(C)(c2ccccc2)CN1. The molecule has 0 radical (unpaired) electrons. The highest BCUT2D eigenvalue weighted by Crippen LogP contribution is 2.34. The zero-order chi connectivity index (χ0) is 15.5. The van der Waals surface area contributed by atoms with Crippen molar-refractivity contribution in [3.8, 4) is 0 Å². The highest BCUT2D eigenvalue weighted by Gasteiger charge is 2.41. The molecule has 1 aromatic carbocycles. The van der Waals surface area contributed by atoms with Crippen LogP contribution in [-0.4, -0.2) is 37.3 Å². The maximum absolute atomic E-state index is 12.7. The van der Waals surface area contributed by atoms with Crippen LogP contribution in [0, 0.1) is 5.41 Å². The fourth-order valence-corrected chi connectivity index (χ4v) is 3.17. The van der Waals surface area contributed by atoms with Gasteiger partial charge in [-0.25, -0.2) is 0 Å². The summed E-state index contributed by atoms with van der Waals surface area (Å²) in [6.07, 6.45) is 0.610. The molecule has 0 aliphatic carbocycles. The predicted molar refractivity (Wildman–Crippen MR) is 87.2 cm³/mol. The first-order valence-corrected chi connectivity index (χ1v) is 7.98. The summed E-state index contributed by atoms with van der Waals surface area (Å²) < 4.78 is 12.7. The van der Waals surface area contributed by atoms with Crippen LogP contribution >= 0.6 is 0 Å².